The molecule has 1 aromatic rings. The predicted octanol–water partition coefficient (Wildman–Crippen LogP) is 1.28. The van der Waals surface area contributed by atoms with E-state index in [1.54, 1.807) is 0 Å². The van der Waals surface area contributed by atoms with Gasteiger partial charge in [0.2, 0.25) is 10.0 Å². The number of aliphatic hydroxyl groups is 1. The van der Waals surface area contributed by atoms with Crippen LogP contribution in [0.15, 0.2) is 23.2 Å². The van der Waals surface area contributed by atoms with Crippen molar-refractivity contribution in [2.75, 3.05) is 19.7 Å². The normalized spacial score (nSPS) is 12.9. The van der Waals surface area contributed by atoms with Gasteiger partial charge in [-0.25, -0.2) is 13.4 Å². The minimum atomic E-state index is -4.71. The molecule has 0 aliphatic heterocycles. The molecule has 0 fully saturated rings. The summed E-state index contributed by atoms with van der Waals surface area (Å²) in [5.74, 6) is 0. The Hall–Kier alpha value is -0.900. The van der Waals surface area contributed by atoms with Crippen LogP contribution in [0.3, 0.4) is 0 Å². The van der Waals surface area contributed by atoms with Crippen molar-refractivity contribution in [3.8, 4) is 0 Å². The molecule has 1 rings (SSSR count). The molecule has 0 radical (unpaired) electrons. The third-order valence-electron chi connectivity index (χ3n) is 2.04. The molecule has 0 aliphatic carbocycles. The molecule has 0 aliphatic rings. The zero-order chi connectivity index (χ0) is 14.7. The Balaban J connectivity index is 3.09. The van der Waals surface area contributed by atoms with Crippen LogP contribution < -0.4 is 0 Å². The number of hydrogen-bond donors (Lipinski definition) is 1. The van der Waals surface area contributed by atoms with E-state index in [0.29, 0.717) is 0 Å². The fraction of sp³-hybridized carbons (Fsp3) is 0.444. The van der Waals surface area contributed by atoms with Crippen LogP contribution in [0.1, 0.15) is 0 Å². The lowest BCUT2D eigenvalue weighted by molar-refractivity contribution is -0.136. The number of aromatic nitrogens is 1. The lowest BCUT2D eigenvalue weighted by atomic mass is 10.5. The molecule has 0 spiro atoms. The second kappa shape index (κ2) is 6.04. The number of halogens is 4. The van der Waals surface area contributed by atoms with Gasteiger partial charge in [0.1, 0.15) is 16.6 Å². The van der Waals surface area contributed by atoms with Crippen molar-refractivity contribution < 1.29 is 26.7 Å². The third kappa shape index (κ3) is 4.60. The van der Waals surface area contributed by atoms with Gasteiger partial charge in [-0.3, -0.25) is 0 Å². The largest absolute Gasteiger partial charge is 0.402 e. The molecule has 19 heavy (non-hydrogen) atoms. The maximum Gasteiger partial charge on any atom is 0.402 e. The minimum Gasteiger partial charge on any atom is -0.395 e. The number of sulfonamides is 1. The third-order valence-corrected chi connectivity index (χ3v) is 4.10. The number of nitrogens with zero attached hydrogens (tertiary/aromatic N) is 2. The molecule has 0 aromatic carbocycles. The Morgan fingerprint density at radius 3 is 2.42 bits per heavy atom. The molecule has 10 heteroatoms. The van der Waals surface area contributed by atoms with Crippen LogP contribution in [0.4, 0.5) is 13.2 Å². The van der Waals surface area contributed by atoms with E-state index in [1.165, 1.54) is 0 Å². The first-order valence-corrected chi connectivity index (χ1v) is 6.78. The number of aliphatic hydroxyl groups excluding tert-OH is 1. The van der Waals surface area contributed by atoms with Crippen LogP contribution in [0.5, 0.6) is 0 Å². The van der Waals surface area contributed by atoms with Gasteiger partial charge in [0.05, 0.1) is 6.61 Å². The minimum absolute atomic E-state index is 0.0171. The summed E-state index contributed by atoms with van der Waals surface area (Å²) in [6.45, 7) is -3.07. The molecule has 1 aromatic heterocycles. The molecule has 0 bridgehead atoms. The van der Waals surface area contributed by atoms with E-state index in [-0.39, 0.29) is 9.46 Å². The van der Waals surface area contributed by atoms with E-state index in [0.717, 1.165) is 18.3 Å². The Kier molecular flexibility index (Phi) is 5.13. The summed E-state index contributed by atoms with van der Waals surface area (Å²) < 4.78 is 61.0. The highest BCUT2D eigenvalue weighted by Gasteiger charge is 2.36. The molecule has 108 valence electrons. The van der Waals surface area contributed by atoms with Gasteiger partial charge in [-0.05, 0) is 12.1 Å². The first-order chi connectivity index (χ1) is 8.66. The molecule has 1 heterocycles. The highest BCUT2D eigenvalue weighted by atomic mass is 35.5. The fourth-order valence-corrected chi connectivity index (χ4v) is 2.73. The van der Waals surface area contributed by atoms with Crippen LogP contribution in [0, 0.1) is 0 Å². The van der Waals surface area contributed by atoms with Crippen molar-refractivity contribution >= 4 is 21.6 Å². The molecule has 0 saturated carbocycles. The van der Waals surface area contributed by atoms with Gasteiger partial charge in [0.25, 0.3) is 0 Å². The van der Waals surface area contributed by atoms with Gasteiger partial charge >= 0.3 is 6.18 Å². The molecular formula is C9H10ClF3N2O3S. The number of alkyl halides is 3. The van der Waals surface area contributed by atoms with Gasteiger partial charge in [-0.15, -0.1) is 0 Å². The molecule has 0 amide bonds. The van der Waals surface area contributed by atoms with Gasteiger partial charge in [-0.2, -0.15) is 17.5 Å². The van der Waals surface area contributed by atoms with Crippen molar-refractivity contribution in [3.05, 3.63) is 23.5 Å². The van der Waals surface area contributed by atoms with Crippen LogP contribution in [-0.2, 0) is 10.0 Å². The van der Waals surface area contributed by atoms with E-state index >= 15 is 0 Å². The standard InChI is InChI=1S/C9H10ClF3N2O3S/c10-8-2-1-7(5-14-8)19(17,18)15(3-4-16)6-9(11,12)13/h1-2,5,16H,3-4,6H2. The van der Waals surface area contributed by atoms with Crippen LogP contribution in [0.25, 0.3) is 0 Å². The van der Waals surface area contributed by atoms with Gasteiger partial charge in [0.15, 0.2) is 0 Å². The first kappa shape index (κ1) is 16.2. The van der Waals surface area contributed by atoms with Gasteiger partial charge < -0.3 is 5.11 Å². The van der Waals surface area contributed by atoms with E-state index < -0.39 is 40.8 Å². The van der Waals surface area contributed by atoms with Crippen LogP contribution >= 0.6 is 11.6 Å². The summed E-state index contributed by atoms with van der Waals surface area (Å²) in [6.07, 6.45) is -3.85. The molecule has 0 atom stereocenters. The lowest BCUT2D eigenvalue weighted by Gasteiger charge is -2.22. The monoisotopic (exact) mass is 318 g/mol. The van der Waals surface area contributed by atoms with E-state index in [2.05, 4.69) is 4.98 Å². The van der Waals surface area contributed by atoms with Crippen molar-refractivity contribution in [1.82, 2.24) is 9.29 Å². The maximum absolute atomic E-state index is 12.3. The highest BCUT2D eigenvalue weighted by molar-refractivity contribution is 7.89. The SMILES string of the molecule is O=S(=O)(c1ccc(Cl)nc1)N(CCO)CC(F)(F)F. The molecule has 1 N–H and O–H groups in total. The first-order valence-electron chi connectivity index (χ1n) is 4.96. The van der Waals surface area contributed by atoms with E-state index in [1.807, 2.05) is 0 Å². The zero-order valence-corrected chi connectivity index (χ0v) is 11.0. The summed E-state index contributed by atoms with van der Waals surface area (Å²) >= 11 is 5.47. The summed E-state index contributed by atoms with van der Waals surface area (Å²) in [7, 11) is -4.38. The van der Waals surface area contributed by atoms with Gasteiger partial charge in [-0.1, -0.05) is 11.6 Å². The van der Waals surface area contributed by atoms with E-state index in [9.17, 15) is 21.6 Å². The average Bonchev–Trinajstić information content (AvgIpc) is 2.27. The summed E-state index contributed by atoms with van der Waals surface area (Å²) in [4.78, 5) is 3.08. The van der Waals surface area contributed by atoms with Crippen molar-refractivity contribution in [2.24, 2.45) is 0 Å². The smallest absolute Gasteiger partial charge is 0.395 e. The van der Waals surface area contributed by atoms with Crippen LogP contribution in [0.2, 0.25) is 5.15 Å². The summed E-state index contributed by atoms with van der Waals surface area (Å²) in [5.41, 5.74) is 0. The Labute approximate surface area is 112 Å². The Morgan fingerprint density at radius 1 is 1.37 bits per heavy atom. The Bertz CT molecular complexity index is 519. The maximum atomic E-state index is 12.3. The topological polar surface area (TPSA) is 70.5 Å². The summed E-state index contributed by atoms with van der Waals surface area (Å²) in [6, 6.07) is 2.20. The van der Waals surface area contributed by atoms with Crippen LogP contribution in [-0.4, -0.2) is 48.7 Å². The number of hydrogen-bond acceptors (Lipinski definition) is 4. The molecule has 0 saturated heterocycles. The second-order valence-corrected chi connectivity index (χ2v) is 5.82. The number of pyridine rings is 1. The van der Waals surface area contributed by atoms with Gasteiger partial charge in [0, 0.05) is 12.7 Å². The Morgan fingerprint density at radius 2 is 2.00 bits per heavy atom. The van der Waals surface area contributed by atoms with Crippen molar-refractivity contribution in [2.45, 2.75) is 11.1 Å². The average molecular weight is 319 g/mol. The lowest BCUT2D eigenvalue weighted by Crippen LogP contribution is -2.40. The zero-order valence-electron chi connectivity index (χ0n) is 9.43. The van der Waals surface area contributed by atoms with E-state index in [4.69, 9.17) is 16.7 Å². The highest BCUT2D eigenvalue weighted by Crippen LogP contribution is 2.22. The quantitative estimate of drug-likeness (QED) is 0.830. The fourth-order valence-electron chi connectivity index (χ4n) is 1.26. The number of rotatable bonds is 5. The van der Waals surface area contributed by atoms with Crippen molar-refractivity contribution in [3.63, 3.8) is 0 Å². The molecular weight excluding hydrogens is 309 g/mol. The summed E-state index contributed by atoms with van der Waals surface area (Å²) in [5, 5.41) is 8.69. The molecule has 5 nitrogen and oxygen atoms in total. The predicted molar refractivity (Wildman–Crippen MR) is 61.1 cm³/mol. The second-order valence-electron chi connectivity index (χ2n) is 3.49. The van der Waals surface area contributed by atoms with Crippen molar-refractivity contribution in [1.29, 1.82) is 0 Å². The molecule has 0 unspecified atom stereocenters.